The molecule has 0 aliphatic carbocycles. The molecule has 0 atom stereocenters. The van der Waals surface area contributed by atoms with Gasteiger partial charge in [0.1, 0.15) is 5.82 Å². The average Bonchev–Trinajstić information content (AvgIpc) is 2.62. The maximum Gasteiger partial charge on any atom is 0.190 e. The number of piperazine rings is 1. The average molecular weight is 360 g/mol. The molecule has 1 saturated heterocycles. The van der Waals surface area contributed by atoms with E-state index in [1.165, 1.54) is 6.07 Å². The summed E-state index contributed by atoms with van der Waals surface area (Å²) in [6.07, 6.45) is 0. The van der Waals surface area contributed by atoms with Crippen molar-refractivity contribution in [2.75, 3.05) is 31.1 Å². The van der Waals surface area contributed by atoms with Crippen molar-refractivity contribution >= 4 is 23.0 Å². The molecule has 2 aromatic carbocycles. The van der Waals surface area contributed by atoms with E-state index in [1.807, 2.05) is 23.1 Å². The molecule has 1 N–H and O–H groups in total. The Morgan fingerprint density at radius 3 is 2.48 bits per heavy atom. The highest BCUT2D eigenvalue weighted by Gasteiger charge is 2.20. The number of nitrogens with zero attached hydrogens (tertiary/aromatic N) is 3. The molecule has 3 rings (SSSR count). The minimum Gasteiger partial charge on any atom is -0.392 e. The molecule has 0 amide bonds. The molecule has 130 valence electrons. The van der Waals surface area contributed by atoms with Crippen molar-refractivity contribution in [2.45, 2.75) is 13.2 Å². The van der Waals surface area contributed by atoms with Crippen molar-refractivity contribution < 1.29 is 9.50 Å². The van der Waals surface area contributed by atoms with E-state index in [0.717, 1.165) is 43.9 Å². The molecule has 0 radical (unpaired) electrons. The van der Waals surface area contributed by atoms with Crippen LogP contribution < -0.4 is 4.90 Å². The summed E-state index contributed by atoms with van der Waals surface area (Å²) in [6, 6.07) is 10.4. The Hall–Kier alpha value is -2.13. The quantitative estimate of drug-likeness (QED) is 0.841. The second-order valence-corrected chi connectivity index (χ2v) is 6.50. The van der Waals surface area contributed by atoms with E-state index in [0.29, 0.717) is 16.4 Å². The summed E-state index contributed by atoms with van der Waals surface area (Å²) < 4.78 is 14.1. The number of aliphatic hydroxyl groups excluding tert-OH is 1. The zero-order chi connectivity index (χ0) is 17.8. The molecule has 6 heteroatoms. The first kappa shape index (κ1) is 17.7. The van der Waals surface area contributed by atoms with Gasteiger partial charge in [0, 0.05) is 37.7 Å². The fraction of sp³-hybridized carbons (Fsp3) is 0.316. The Kier molecular flexibility index (Phi) is 5.54. The van der Waals surface area contributed by atoms with E-state index in [4.69, 9.17) is 18.2 Å². The van der Waals surface area contributed by atoms with E-state index in [9.17, 15) is 9.50 Å². The van der Waals surface area contributed by atoms with Crippen LogP contribution in [0.1, 0.15) is 11.1 Å². The van der Waals surface area contributed by atoms with Gasteiger partial charge in [0.2, 0.25) is 0 Å². The molecule has 0 bridgehead atoms. The van der Waals surface area contributed by atoms with Gasteiger partial charge in [-0.25, -0.2) is 9.24 Å². The summed E-state index contributed by atoms with van der Waals surface area (Å²) >= 11 is 6.14. The van der Waals surface area contributed by atoms with Crippen LogP contribution in [-0.4, -0.2) is 36.2 Å². The zero-order valence-corrected chi connectivity index (χ0v) is 14.5. The molecular weight excluding hydrogens is 341 g/mol. The fourth-order valence-corrected chi connectivity index (χ4v) is 3.31. The summed E-state index contributed by atoms with van der Waals surface area (Å²) in [5.41, 5.74) is 2.71. The summed E-state index contributed by atoms with van der Waals surface area (Å²) in [5, 5.41) is 9.76. The molecule has 1 fully saturated rings. The lowest BCUT2D eigenvalue weighted by Crippen LogP contribution is -2.46. The third-order valence-electron chi connectivity index (χ3n) is 4.47. The highest BCUT2D eigenvalue weighted by atomic mass is 35.5. The van der Waals surface area contributed by atoms with Gasteiger partial charge in [0.25, 0.3) is 0 Å². The first-order valence-electron chi connectivity index (χ1n) is 8.13. The van der Waals surface area contributed by atoms with Gasteiger partial charge in [0.05, 0.1) is 18.9 Å². The Morgan fingerprint density at radius 1 is 1.12 bits per heavy atom. The Balaban J connectivity index is 1.60. The number of hydrogen-bond acceptors (Lipinski definition) is 3. The smallest absolute Gasteiger partial charge is 0.190 e. The molecular formula is C19H19ClFN3O. The SMILES string of the molecule is [C-]#[N+]c1ccc(N2CCN(Cc3ccc(CO)c(Cl)c3)CC2)c(F)c1. The van der Waals surface area contributed by atoms with Crippen LogP contribution in [0.2, 0.25) is 5.02 Å². The van der Waals surface area contributed by atoms with Crippen LogP contribution in [0, 0.1) is 12.4 Å². The molecule has 0 saturated carbocycles. The maximum atomic E-state index is 14.1. The summed E-state index contributed by atoms with van der Waals surface area (Å²) in [4.78, 5) is 7.57. The first-order chi connectivity index (χ1) is 12.1. The van der Waals surface area contributed by atoms with Gasteiger partial charge in [-0.15, -0.1) is 0 Å². The van der Waals surface area contributed by atoms with Crippen LogP contribution >= 0.6 is 11.6 Å². The van der Waals surface area contributed by atoms with Crippen molar-refractivity contribution in [3.05, 3.63) is 69.8 Å². The number of rotatable bonds is 4. The highest BCUT2D eigenvalue weighted by Crippen LogP contribution is 2.26. The molecule has 0 unspecified atom stereocenters. The minimum atomic E-state index is -0.340. The van der Waals surface area contributed by atoms with Crippen LogP contribution in [0.4, 0.5) is 15.8 Å². The lowest BCUT2D eigenvalue weighted by molar-refractivity contribution is 0.249. The Bertz CT molecular complexity index is 798. The number of benzene rings is 2. The van der Waals surface area contributed by atoms with Crippen LogP contribution in [0.25, 0.3) is 4.85 Å². The number of hydrogen-bond donors (Lipinski definition) is 1. The molecule has 1 heterocycles. The second kappa shape index (κ2) is 7.83. The molecule has 0 spiro atoms. The van der Waals surface area contributed by atoms with Crippen molar-refractivity contribution in [3.8, 4) is 0 Å². The molecule has 2 aromatic rings. The van der Waals surface area contributed by atoms with Crippen LogP contribution in [0.3, 0.4) is 0 Å². The maximum absolute atomic E-state index is 14.1. The summed E-state index contributed by atoms with van der Waals surface area (Å²) in [6.45, 7) is 10.8. The van der Waals surface area contributed by atoms with Gasteiger partial charge < -0.3 is 10.0 Å². The monoisotopic (exact) mass is 359 g/mol. The fourth-order valence-electron chi connectivity index (χ4n) is 3.04. The lowest BCUT2D eigenvalue weighted by atomic mass is 10.1. The van der Waals surface area contributed by atoms with Crippen LogP contribution in [0.15, 0.2) is 36.4 Å². The van der Waals surface area contributed by atoms with E-state index < -0.39 is 0 Å². The van der Waals surface area contributed by atoms with E-state index in [-0.39, 0.29) is 12.4 Å². The number of halogens is 2. The van der Waals surface area contributed by atoms with Crippen molar-refractivity contribution in [3.63, 3.8) is 0 Å². The third kappa shape index (κ3) is 4.10. The van der Waals surface area contributed by atoms with E-state index >= 15 is 0 Å². The molecule has 25 heavy (non-hydrogen) atoms. The van der Waals surface area contributed by atoms with E-state index in [1.54, 1.807) is 12.1 Å². The minimum absolute atomic E-state index is 0.0599. The van der Waals surface area contributed by atoms with Crippen molar-refractivity contribution in [2.24, 2.45) is 0 Å². The molecule has 1 aliphatic heterocycles. The van der Waals surface area contributed by atoms with Crippen LogP contribution in [0.5, 0.6) is 0 Å². The highest BCUT2D eigenvalue weighted by molar-refractivity contribution is 6.31. The van der Waals surface area contributed by atoms with E-state index in [2.05, 4.69) is 9.74 Å². The van der Waals surface area contributed by atoms with Crippen molar-refractivity contribution in [1.82, 2.24) is 4.90 Å². The van der Waals surface area contributed by atoms with Crippen LogP contribution in [-0.2, 0) is 13.2 Å². The number of aliphatic hydroxyl groups is 1. The van der Waals surface area contributed by atoms with Gasteiger partial charge in [-0.1, -0.05) is 29.8 Å². The van der Waals surface area contributed by atoms with Gasteiger partial charge in [-0.05, 0) is 29.3 Å². The molecule has 1 aliphatic rings. The first-order valence-corrected chi connectivity index (χ1v) is 8.51. The third-order valence-corrected chi connectivity index (χ3v) is 4.82. The topological polar surface area (TPSA) is 31.1 Å². The Labute approximate surface area is 151 Å². The van der Waals surface area contributed by atoms with Gasteiger partial charge >= 0.3 is 0 Å². The Morgan fingerprint density at radius 2 is 1.88 bits per heavy atom. The summed E-state index contributed by atoms with van der Waals surface area (Å²) in [7, 11) is 0. The second-order valence-electron chi connectivity index (χ2n) is 6.09. The van der Waals surface area contributed by atoms with Gasteiger partial charge in [-0.2, -0.15) is 0 Å². The van der Waals surface area contributed by atoms with Crippen molar-refractivity contribution in [1.29, 1.82) is 0 Å². The molecule has 4 nitrogen and oxygen atoms in total. The molecule has 0 aromatic heterocycles. The standard InChI is InChI=1S/C19H19ClFN3O/c1-22-16-4-5-19(18(21)11-16)24-8-6-23(7-9-24)12-14-2-3-15(13-25)17(20)10-14/h2-5,10-11,25H,6-9,12-13H2. The number of anilines is 1. The summed E-state index contributed by atoms with van der Waals surface area (Å²) in [5.74, 6) is -0.340. The zero-order valence-electron chi connectivity index (χ0n) is 13.8. The predicted octanol–water partition coefficient (Wildman–Crippen LogP) is 3.84. The van der Waals surface area contributed by atoms with Gasteiger partial charge in [-0.3, -0.25) is 4.90 Å². The van der Waals surface area contributed by atoms with Gasteiger partial charge in [0.15, 0.2) is 5.69 Å². The lowest BCUT2D eigenvalue weighted by Gasteiger charge is -2.36. The predicted molar refractivity (Wildman–Crippen MR) is 97.5 cm³/mol. The largest absolute Gasteiger partial charge is 0.392 e. The normalized spacial score (nSPS) is 15.2.